The molecule has 5 nitrogen and oxygen atoms in total. The number of nitrogens with zero attached hydrogens (tertiary/aromatic N) is 4. The number of para-hydroxylation sites is 1. The molecule has 25 heavy (non-hydrogen) atoms. The maximum atomic E-state index is 13.1. The minimum Gasteiger partial charge on any atom is -0.304 e. The molecule has 1 amide bonds. The van der Waals surface area contributed by atoms with Gasteiger partial charge in [-0.3, -0.25) is 14.6 Å². The minimum absolute atomic E-state index is 0.0421. The van der Waals surface area contributed by atoms with E-state index in [4.69, 9.17) is 5.26 Å². The van der Waals surface area contributed by atoms with Crippen LogP contribution < -0.4 is 4.90 Å². The third kappa shape index (κ3) is 4.24. The predicted octanol–water partition coefficient (Wildman–Crippen LogP) is 2.47. The molecule has 0 bridgehead atoms. The van der Waals surface area contributed by atoms with Crippen molar-refractivity contribution in [3.63, 3.8) is 0 Å². The van der Waals surface area contributed by atoms with Crippen molar-refractivity contribution in [1.82, 2.24) is 9.80 Å². The van der Waals surface area contributed by atoms with Crippen LogP contribution in [0.3, 0.4) is 0 Å². The Labute approximate surface area is 148 Å². The number of carbonyl (C=O) groups is 1. The Bertz CT molecular complexity index is 744. The average Bonchev–Trinajstić information content (AvgIpc) is 2.65. The molecule has 1 aliphatic heterocycles. The van der Waals surface area contributed by atoms with Crippen LogP contribution in [0.1, 0.15) is 5.56 Å². The van der Waals surface area contributed by atoms with Crippen molar-refractivity contribution in [2.45, 2.75) is 0 Å². The summed E-state index contributed by atoms with van der Waals surface area (Å²) in [5.74, 6) is 0.0421. The molecule has 1 heterocycles. The minimum atomic E-state index is 0.0421. The molecule has 0 saturated carbocycles. The lowest BCUT2D eigenvalue weighted by Crippen LogP contribution is -2.48. The second kappa shape index (κ2) is 7.93. The number of rotatable bonds is 4. The van der Waals surface area contributed by atoms with E-state index in [1.165, 1.54) is 0 Å². The highest BCUT2D eigenvalue weighted by molar-refractivity contribution is 6.01. The summed E-state index contributed by atoms with van der Waals surface area (Å²) in [7, 11) is 2.10. The Morgan fingerprint density at radius 3 is 2.20 bits per heavy atom. The molecule has 3 rings (SSSR count). The monoisotopic (exact) mass is 334 g/mol. The maximum absolute atomic E-state index is 13.1. The van der Waals surface area contributed by atoms with Gasteiger partial charge in [0.25, 0.3) is 0 Å². The average molecular weight is 334 g/mol. The van der Waals surface area contributed by atoms with Crippen LogP contribution in [0.15, 0.2) is 54.6 Å². The van der Waals surface area contributed by atoms with Gasteiger partial charge in [0.05, 0.1) is 18.2 Å². The van der Waals surface area contributed by atoms with Gasteiger partial charge in [-0.05, 0) is 43.4 Å². The number of nitriles is 1. The van der Waals surface area contributed by atoms with Crippen LogP contribution in [-0.4, -0.2) is 55.5 Å². The molecule has 0 radical (unpaired) electrons. The summed E-state index contributed by atoms with van der Waals surface area (Å²) in [5.41, 5.74) is 2.21. The molecule has 2 aromatic rings. The van der Waals surface area contributed by atoms with Crippen molar-refractivity contribution in [2.24, 2.45) is 0 Å². The Morgan fingerprint density at radius 2 is 1.60 bits per heavy atom. The number of benzene rings is 2. The third-order valence-electron chi connectivity index (χ3n) is 4.47. The van der Waals surface area contributed by atoms with Crippen LogP contribution in [0.4, 0.5) is 11.4 Å². The molecule has 2 aromatic carbocycles. The third-order valence-corrected chi connectivity index (χ3v) is 4.47. The van der Waals surface area contributed by atoms with Crippen LogP contribution in [0.25, 0.3) is 0 Å². The first kappa shape index (κ1) is 17.2. The lowest BCUT2D eigenvalue weighted by Gasteiger charge is -2.33. The molecular formula is C20H22N4O. The number of hydrogen-bond donors (Lipinski definition) is 0. The van der Waals surface area contributed by atoms with Gasteiger partial charge in [0, 0.05) is 37.6 Å². The molecule has 1 saturated heterocycles. The van der Waals surface area contributed by atoms with Crippen LogP contribution >= 0.6 is 0 Å². The van der Waals surface area contributed by atoms with Crippen LogP contribution in [0.2, 0.25) is 0 Å². The number of likely N-dealkylation sites (N-methyl/N-ethyl adjacent to an activating group) is 1. The van der Waals surface area contributed by atoms with Crippen LogP contribution in [0, 0.1) is 11.3 Å². The quantitative estimate of drug-likeness (QED) is 0.862. The van der Waals surface area contributed by atoms with Gasteiger partial charge in [-0.1, -0.05) is 18.2 Å². The van der Waals surface area contributed by atoms with E-state index in [9.17, 15) is 4.79 Å². The fraction of sp³-hybridized carbons (Fsp3) is 0.300. The summed E-state index contributed by atoms with van der Waals surface area (Å²) < 4.78 is 0. The van der Waals surface area contributed by atoms with Gasteiger partial charge in [0.15, 0.2) is 0 Å². The van der Waals surface area contributed by atoms with Gasteiger partial charge < -0.3 is 4.90 Å². The van der Waals surface area contributed by atoms with Gasteiger partial charge >= 0.3 is 0 Å². The zero-order chi connectivity index (χ0) is 17.6. The molecule has 5 heteroatoms. The summed E-state index contributed by atoms with van der Waals surface area (Å²) in [6.07, 6.45) is 0. The largest absolute Gasteiger partial charge is 0.304 e. The van der Waals surface area contributed by atoms with E-state index in [0.717, 1.165) is 37.6 Å². The Balaban J connectivity index is 1.83. The fourth-order valence-corrected chi connectivity index (χ4v) is 2.97. The highest BCUT2D eigenvalue weighted by Gasteiger charge is 2.22. The summed E-state index contributed by atoms with van der Waals surface area (Å²) in [5, 5.41) is 8.99. The topological polar surface area (TPSA) is 50.6 Å². The second-order valence-corrected chi connectivity index (χ2v) is 6.30. The molecule has 128 valence electrons. The van der Waals surface area contributed by atoms with Crippen molar-refractivity contribution < 1.29 is 4.79 Å². The SMILES string of the molecule is CN1CCN(CC(=O)N(c2ccccc2)c2ccc(C#N)cc2)CC1. The van der Waals surface area contributed by atoms with E-state index >= 15 is 0 Å². The lowest BCUT2D eigenvalue weighted by molar-refractivity contribution is -0.119. The smallest absolute Gasteiger partial charge is 0.245 e. The summed E-state index contributed by atoms with van der Waals surface area (Å²) in [4.78, 5) is 19.3. The maximum Gasteiger partial charge on any atom is 0.245 e. The van der Waals surface area contributed by atoms with Crippen LogP contribution in [0.5, 0.6) is 0 Å². The predicted molar refractivity (Wildman–Crippen MR) is 98.7 cm³/mol. The van der Waals surface area contributed by atoms with Gasteiger partial charge in [0.2, 0.25) is 5.91 Å². The first-order chi connectivity index (χ1) is 12.2. The Morgan fingerprint density at radius 1 is 1.00 bits per heavy atom. The zero-order valence-electron chi connectivity index (χ0n) is 14.4. The lowest BCUT2D eigenvalue weighted by atomic mass is 10.2. The van der Waals surface area contributed by atoms with Crippen molar-refractivity contribution in [1.29, 1.82) is 5.26 Å². The molecule has 1 fully saturated rings. The Hall–Kier alpha value is -2.68. The molecule has 0 unspecified atom stereocenters. The molecule has 1 aliphatic rings. The second-order valence-electron chi connectivity index (χ2n) is 6.30. The van der Waals surface area contributed by atoms with E-state index in [2.05, 4.69) is 22.9 Å². The van der Waals surface area contributed by atoms with Crippen molar-refractivity contribution in [3.05, 3.63) is 60.2 Å². The first-order valence-electron chi connectivity index (χ1n) is 8.46. The van der Waals surface area contributed by atoms with Gasteiger partial charge in [-0.15, -0.1) is 0 Å². The molecule has 0 atom stereocenters. The van der Waals surface area contributed by atoms with E-state index in [0.29, 0.717) is 12.1 Å². The molecule has 0 N–H and O–H groups in total. The van der Waals surface area contributed by atoms with Gasteiger partial charge in [-0.2, -0.15) is 5.26 Å². The van der Waals surface area contributed by atoms with E-state index < -0.39 is 0 Å². The van der Waals surface area contributed by atoms with Crippen LogP contribution in [-0.2, 0) is 4.79 Å². The molecular weight excluding hydrogens is 312 g/mol. The number of amides is 1. The molecule has 0 aliphatic carbocycles. The Kier molecular flexibility index (Phi) is 5.44. The van der Waals surface area contributed by atoms with E-state index in [1.807, 2.05) is 42.5 Å². The number of piperazine rings is 1. The van der Waals surface area contributed by atoms with E-state index in [1.54, 1.807) is 17.0 Å². The molecule has 0 spiro atoms. The number of carbonyl (C=O) groups excluding carboxylic acids is 1. The number of hydrogen-bond acceptors (Lipinski definition) is 4. The van der Waals surface area contributed by atoms with Crippen molar-refractivity contribution in [3.8, 4) is 6.07 Å². The van der Waals surface area contributed by atoms with Crippen molar-refractivity contribution in [2.75, 3.05) is 44.7 Å². The van der Waals surface area contributed by atoms with Gasteiger partial charge in [0.1, 0.15) is 0 Å². The first-order valence-corrected chi connectivity index (χ1v) is 8.46. The van der Waals surface area contributed by atoms with Gasteiger partial charge in [-0.25, -0.2) is 0 Å². The normalized spacial score (nSPS) is 15.5. The van der Waals surface area contributed by atoms with E-state index in [-0.39, 0.29) is 5.91 Å². The summed E-state index contributed by atoms with van der Waals surface area (Å²) in [6, 6.07) is 18.9. The highest BCUT2D eigenvalue weighted by Crippen LogP contribution is 2.26. The summed E-state index contributed by atoms with van der Waals surface area (Å²) >= 11 is 0. The number of anilines is 2. The zero-order valence-corrected chi connectivity index (χ0v) is 14.4. The standard InChI is InChI=1S/C20H22N4O/c1-22-11-13-23(14-12-22)16-20(25)24(18-5-3-2-4-6-18)19-9-7-17(15-21)8-10-19/h2-10H,11-14,16H2,1H3. The van der Waals surface area contributed by atoms with Crippen molar-refractivity contribution >= 4 is 17.3 Å². The fourth-order valence-electron chi connectivity index (χ4n) is 2.97. The summed E-state index contributed by atoms with van der Waals surface area (Å²) in [6.45, 7) is 4.16. The highest BCUT2D eigenvalue weighted by atomic mass is 16.2. The molecule has 0 aromatic heterocycles.